The second kappa shape index (κ2) is 6.72. The van der Waals surface area contributed by atoms with Crippen molar-refractivity contribution in [2.45, 2.75) is 44.9 Å². The molecule has 3 heteroatoms. The van der Waals surface area contributed by atoms with Crippen LogP contribution in [0.2, 0.25) is 0 Å². The quantitative estimate of drug-likeness (QED) is 0.820. The van der Waals surface area contributed by atoms with E-state index >= 15 is 0 Å². The fraction of sp³-hybridized carbons (Fsp3) is 1.00. The van der Waals surface area contributed by atoms with Crippen molar-refractivity contribution in [2.24, 2.45) is 11.1 Å². The van der Waals surface area contributed by atoms with Crippen molar-refractivity contribution in [2.75, 3.05) is 39.4 Å². The van der Waals surface area contributed by atoms with Crippen molar-refractivity contribution in [3.63, 3.8) is 0 Å². The molecule has 2 saturated heterocycles. The van der Waals surface area contributed by atoms with Gasteiger partial charge in [-0.3, -0.25) is 0 Å². The van der Waals surface area contributed by atoms with Crippen LogP contribution in [-0.2, 0) is 4.74 Å². The Morgan fingerprint density at radius 3 is 2.12 bits per heavy atom. The summed E-state index contributed by atoms with van der Waals surface area (Å²) in [6, 6.07) is 0. The number of nitrogens with two attached hydrogens (primary N) is 1. The summed E-state index contributed by atoms with van der Waals surface area (Å²) in [4.78, 5) is 2.66. The van der Waals surface area contributed by atoms with Crippen LogP contribution in [0.5, 0.6) is 0 Å². The first-order chi connectivity index (χ1) is 8.35. The van der Waals surface area contributed by atoms with E-state index in [0.717, 1.165) is 32.6 Å². The predicted molar refractivity (Wildman–Crippen MR) is 71.1 cm³/mol. The minimum Gasteiger partial charge on any atom is -0.381 e. The van der Waals surface area contributed by atoms with E-state index in [1.165, 1.54) is 51.7 Å². The van der Waals surface area contributed by atoms with Gasteiger partial charge in [-0.1, -0.05) is 19.3 Å². The van der Waals surface area contributed by atoms with Gasteiger partial charge in [0.05, 0.1) is 0 Å². The zero-order valence-corrected chi connectivity index (χ0v) is 11.1. The summed E-state index contributed by atoms with van der Waals surface area (Å²) in [5.74, 6) is 0. The van der Waals surface area contributed by atoms with E-state index in [2.05, 4.69) is 4.90 Å². The highest BCUT2D eigenvalue weighted by molar-refractivity contribution is 4.86. The fourth-order valence-electron chi connectivity index (χ4n) is 3.18. The average molecular weight is 240 g/mol. The molecule has 2 heterocycles. The van der Waals surface area contributed by atoms with Crippen LogP contribution in [0.4, 0.5) is 0 Å². The van der Waals surface area contributed by atoms with Gasteiger partial charge in [0.2, 0.25) is 0 Å². The molecule has 0 spiro atoms. The topological polar surface area (TPSA) is 38.5 Å². The molecular formula is C14H28N2O. The van der Waals surface area contributed by atoms with Crippen LogP contribution in [-0.4, -0.2) is 44.3 Å². The second-order valence-electron chi connectivity index (χ2n) is 5.86. The number of likely N-dealkylation sites (tertiary alicyclic amines) is 1. The highest BCUT2D eigenvalue weighted by Gasteiger charge is 2.33. The number of hydrogen-bond donors (Lipinski definition) is 1. The van der Waals surface area contributed by atoms with Gasteiger partial charge in [0, 0.05) is 19.8 Å². The van der Waals surface area contributed by atoms with E-state index in [1.807, 2.05) is 0 Å². The first-order valence-electron chi connectivity index (χ1n) is 7.35. The third-order valence-electron chi connectivity index (χ3n) is 4.49. The molecule has 0 aromatic rings. The Hall–Kier alpha value is -0.120. The largest absolute Gasteiger partial charge is 0.381 e. The highest BCUT2D eigenvalue weighted by Crippen LogP contribution is 2.30. The molecule has 100 valence electrons. The van der Waals surface area contributed by atoms with Gasteiger partial charge in [0.15, 0.2) is 0 Å². The summed E-state index contributed by atoms with van der Waals surface area (Å²) in [5, 5.41) is 0. The molecule has 0 bridgehead atoms. The van der Waals surface area contributed by atoms with Crippen LogP contribution in [0.1, 0.15) is 44.9 Å². The van der Waals surface area contributed by atoms with Crippen LogP contribution in [0.25, 0.3) is 0 Å². The van der Waals surface area contributed by atoms with Crippen molar-refractivity contribution >= 4 is 0 Å². The van der Waals surface area contributed by atoms with Crippen molar-refractivity contribution in [1.82, 2.24) is 4.90 Å². The molecule has 2 aliphatic heterocycles. The summed E-state index contributed by atoms with van der Waals surface area (Å²) in [6.07, 6.45) is 9.31. The molecule has 2 N–H and O–H groups in total. The Bertz CT molecular complexity index is 206. The lowest BCUT2D eigenvalue weighted by Crippen LogP contribution is -2.46. The maximum absolute atomic E-state index is 6.04. The van der Waals surface area contributed by atoms with Gasteiger partial charge < -0.3 is 15.4 Å². The monoisotopic (exact) mass is 240 g/mol. The molecule has 0 radical (unpaired) electrons. The molecule has 0 saturated carbocycles. The lowest BCUT2D eigenvalue weighted by Gasteiger charge is -2.40. The first-order valence-corrected chi connectivity index (χ1v) is 7.35. The normalized spacial score (nSPS) is 27.4. The molecular weight excluding hydrogens is 212 g/mol. The molecule has 0 aromatic heterocycles. The van der Waals surface area contributed by atoms with Crippen molar-refractivity contribution in [3.8, 4) is 0 Å². The number of hydrogen-bond acceptors (Lipinski definition) is 3. The molecule has 2 fully saturated rings. The van der Waals surface area contributed by atoms with Crippen molar-refractivity contribution in [3.05, 3.63) is 0 Å². The molecule has 0 atom stereocenters. The van der Waals surface area contributed by atoms with E-state index in [1.54, 1.807) is 0 Å². The third-order valence-corrected chi connectivity index (χ3v) is 4.49. The van der Waals surface area contributed by atoms with Crippen molar-refractivity contribution < 1.29 is 4.74 Å². The Morgan fingerprint density at radius 2 is 1.53 bits per heavy atom. The molecule has 2 rings (SSSR count). The van der Waals surface area contributed by atoms with E-state index in [9.17, 15) is 0 Å². The number of nitrogens with zero attached hydrogens (tertiary/aromatic N) is 1. The van der Waals surface area contributed by atoms with Crippen LogP contribution in [0.15, 0.2) is 0 Å². The Labute approximate surface area is 106 Å². The molecule has 0 aliphatic carbocycles. The fourth-order valence-corrected chi connectivity index (χ4v) is 3.18. The smallest absolute Gasteiger partial charge is 0.0472 e. The van der Waals surface area contributed by atoms with Gasteiger partial charge in [-0.2, -0.15) is 0 Å². The Balaban J connectivity index is 1.86. The zero-order chi connectivity index (χ0) is 12.0. The van der Waals surface area contributed by atoms with Crippen LogP contribution in [0, 0.1) is 5.41 Å². The summed E-state index contributed by atoms with van der Waals surface area (Å²) in [6.45, 7) is 6.40. The molecule has 17 heavy (non-hydrogen) atoms. The summed E-state index contributed by atoms with van der Waals surface area (Å²) >= 11 is 0. The maximum Gasteiger partial charge on any atom is 0.0472 e. The van der Waals surface area contributed by atoms with Crippen molar-refractivity contribution in [1.29, 1.82) is 0 Å². The molecule has 0 aromatic carbocycles. The summed E-state index contributed by atoms with van der Waals surface area (Å²) in [7, 11) is 0. The minimum atomic E-state index is 0.345. The number of rotatable bonds is 3. The Kier molecular flexibility index (Phi) is 5.26. The third kappa shape index (κ3) is 3.94. The first kappa shape index (κ1) is 13.3. The van der Waals surface area contributed by atoms with Crippen LogP contribution in [0.3, 0.4) is 0 Å². The van der Waals surface area contributed by atoms with Gasteiger partial charge in [-0.05, 0) is 50.7 Å². The maximum atomic E-state index is 6.04. The average Bonchev–Trinajstić information content (AvgIpc) is 2.34. The van der Waals surface area contributed by atoms with Gasteiger partial charge in [0.1, 0.15) is 0 Å². The van der Waals surface area contributed by atoms with Crippen LogP contribution < -0.4 is 5.73 Å². The summed E-state index contributed by atoms with van der Waals surface area (Å²) < 4.78 is 5.49. The van der Waals surface area contributed by atoms with Gasteiger partial charge >= 0.3 is 0 Å². The second-order valence-corrected chi connectivity index (χ2v) is 5.86. The minimum absolute atomic E-state index is 0.345. The zero-order valence-electron chi connectivity index (χ0n) is 11.1. The number of ether oxygens (including phenoxy) is 1. The predicted octanol–water partition coefficient (Wildman–Crippen LogP) is 2.01. The van der Waals surface area contributed by atoms with Gasteiger partial charge in [0.25, 0.3) is 0 Å². The SMILES string of the molecule is NCC1(CN2CCCCCCC2)CCOCC1. The standard InChI is InChI=1S/C14H28N2O/c15-12-14(6-10-17-11-7-14)13-16-8-4-2-1-3-5-9-16/h1-13,15H2. The van der Waals surface area contributed by atoms with E-state index < -0.39 is 0 Å². The molecule has 0 amide bonds. The molecule has 0 unspecified atom stereocenters. The van der Waals surface area contributed by atoms with Crippen LogP contribution >= 0.6 is 0 Å². The lowest BCUT2D eigenvalue weighted by molar-refractivity contribution is -0.00121. The highest BCUT2D eigenvalue weighted by atomic mass is 16.5. The summed E-state index contributed by atoms with van der Waals surface area (Å²) in [5.41, 5.74) is 6.39. The van der Waals surface area contributed by atoms with E-state index in [4.69, 9.17) is 10.5 Å². The molecule has 3 nitrogen and oxygen atoms in total. The Morgan fingerprint density at radius 1 is 0.941 bits per heavy atom. The van der Waals surface area contributed by atoms with E-state index in [-0.39, 0.29) is 0 Å². The van der Waals surface area contributed by atoms with Gasteiger partial charge in [-0.15, -0.1) is 0 Å². The lowest BCUT2D eigenvalue weighted by atomic mass is 9.79. The van der Waals surface area contributed by atoms with Gasteiger partial charge in [-0.25, -0.2) is 0 Å². The molecule has 2 aliphatic rings. The van der Waals surface area contributed by atoms with E-state index in [0.29, 0.717) is 5.41 Å².